The Bertz CT molecular complexity index is 1780. The van der Waals surface area contributed by atoms with Gasteiger partial charge in [0, 0.05) is 23.0 Å². The topological polar surface area (TPSA) is 56.7 Å². The van der Waals surface area contributed by atoms with Crippen molar-refractivity contribution in [2.75, 3.05) is 0 Å². The molecule has 0 aliphatic rings. The van der Waals surface area contributed by atoms with E-state index in [4.69, 9.17) is 14.4 Å². The van der Waals surface area contributed by atoms with E-state index in [1.165, 1.54) is 21.5 Å². The van der Waals surface area contributed by atoms with Gasteiger partial charge in [-0.15, -0.1) is 0 Å². The van der Waals surface area contributed by atoms with E-state index in [0.29, 0.717) is 17.2 Å². The van der Waals surface area contributed by atoms with Crippen molar-refractivity contribution in [2.24, 2.45) is 0 Å². The predicted molar refractivity (Wildman–Crippen MR) is 127 cm³/mol. The molecule has 0 aliphatic carbocycles. The Morgan fingerprint density at radius 2 is 1.53 bits per heavy atom. The summed E-state index contributed by atoms with van der Waals surface area (Å²) in [4.78, 5) is 14.3. The highest BCUT2D eigenvalue weighted by molar-refractivity contribution is 6.21. The van der Waals surface area contributed by atoms with Gasteiger partial charge >= 0.3 is 0 Å². The number of benzene rings is 3. The molecule has 0 radical (unpaired) electrons. The number of hydrogen-bond donors (Lipinski definition) is 0. The summed E-state index contributed by atoms with van der Waals surface area (Å²) < 4.78 is 7.87. The van der Waals surface area contributed by atoms with Crippen molar-refractivity contribution in [3.8, 4) is 17.3 Å². The fourth-order valence-corrected chi connectivity index (χ4v) is 4.58. The maximum absolute atomic E-state index is 5.73. The van der Waals surface area contributed by atoms with Crippen molar-refractivity contribution < 1.29 is 4.42 Å². The summed E-state index contributed by atoms with van der Waals surface area (Å²) in [5.74, 6) is 0.598. The molecule has 5 heteroatoms. The summed E-state index contributed by atoms with van der Waals surface area (Å²) in [6, 6.07) is 28.8. The van der Waals surface area contributed by atoms with Gasteiger partial charge in [-0.2, -0.15) is 0 Å². The van der Waals surface area contributed by atoms with Crippen LogP contribution < -0.4 is 0 Å². The van der Waals surface area contributed by atoms with Crippen LogP contribution in [0.5, 0.6) is 0 Å². The smallest absolute Gasteiger partial charge is 0.236 e. The van der Waals surface area contributed by atoms with Gasteiger partial charge in [-0.25, -0.2) is 9.97 Å². The van der Waals surface area contributed by atoms with Crippen LogP contribution >= 0.6 is 0 Å². The maximum atomic E-state index is 5.73. The molecule has 5 nitrogen and oxygen atoms in total. The molecule has 0 unspecified atom stereocenters. The number of fused-ring (bicyclic) bond motifs is 6. The molecular formula is C27H16N4O. The van der Waals surface area contributed by atoms with Crippen LogP contribution in [0.3, 0.4) is 0 Å². The lowest BCUT2D eigenvalue weighted by molar-refractivity contribution is 0.614. The normalized spacial score (nSPS) is 11.8. The minimum atomic E-state index is 0.598. The molecule has 0 aliphatic heterocycles. The van der Waals surface area contributed by atoms with Gasteiger partial charge in [-0.3, -0.25) is 9.55 Å². The Morgan fingerprint density at radius 3 is 2.44 bits per heavy atom. The predicted octanol–water partition coefficient (Wildman–Crippen LogP) is 6.54. The highest BCUT2D eigenvalue weighted by Gasteiger charge is 2.19. The van der Waals surface area contributed by atoms with E-state index in [-0.39, 0.29) is 0 Å². The molecular weight excluding hydrogens is 396 g/mol. The van der Waals surface area contributed by atoms with Crippen LogP contribution in [0, 0.1) is 0 Å². The number of aromatic nitrogens is 4. The van der Waals surface area contributed by atoms with Crippen molar-refractivity contribution in [1.29, 1.82) is 0 Å². The van der Waals surface area contributed by atoms with Crippen molar-refractivity contribution >= 4 is 43.7 Å². The Kier molecular flexibility index (Phi) is 3.49. The van der Waals surface area contributed by atoms with E-state index in [2.05, 4.69) is 70.2 Å². The lowest BCUT2D eigenvalue weighted by Crippen LogP contribution is -2.03. The summed E-state index contributed by atoms with van der Waals surface area (Å²) in [6.07, 6.45) is 3.41. The molecule has 4 heterocycles. The van der Waals surface area contributed by atoms with Gasteiger partial charge in [-0.1, -0.05) is 54.6 Å². The minimum Gasteiger partial charge on any atom is -0.460 e. The zero-order valence-corrected chi connectivity index (χ0v) is 16.9. The van der Waals surface area contributed by atoms with Crippen LogP contribution in [-0.2, 0) is 0 Å². The first-order valence-corrected chi connectivity index (χ1v) is 10.5. The molecule has 0 saturated carbocycles. The average molecular weight is 412 g/mol. The molecule has 0 saturated heterocycles. The van der Waals surface area contributed by atoms with Crippen molar-refractivity contribution in [2.45, 2.75) is 0 Å². The Hall–Kier alpha value is -4.51. The first kappa shape index (κ1) is 17.2. The monoisotopic (exact) mass is 412 g/mol. The summed E-state index contributed by atoms with van der Waals surface area (Å²) in [5, 5.41) is 4.81. The molecule has 0 N–H and O–H groups in total. The molecule has 0 atom stereocenters. The molecule has 150 valence electrons. The third-order valence-electron chi connectivity index (χ3n) is 5.96. The highest BCUT2D eigenvalue weighted by atomic mass is 16.3. The number of pyridine rings is 1. The van der Waals surface area contributed by atoms with Crippen LogP contribution in [0.2, 0.25) is 0 Å². The van der Waals surface area contributed by atoms with Gasteiger partial charge in [0.15, 0.2) is 5.58 Å². The van der Waals surface area contributed by atoms with Crippen molar-refractivity contribution in [1.82, 2.24) is 19.5 Å². The van der Waals surface area contributed by atoms with Gasteiger partial charge in [0.25, 0.3) is 0 Å². The Balaban J connectivity index is 1.64. The van der Waals surface area contributed by atoms with Crippen molar-refractivity contribution in [3.05, 3.63) is 97.4 Å². The number of para-hydroxylation sites is 1. The molecule has 4 aromatic heterocycles. The molecule has 32 heavy (non-hydrogen) atoms. The van der Waals surface area contributed by atoms with E-state index in [1.807, 2.05) is 24.3 Å². The van der Waals surface area contributed by atoms with Crippen molar-refractivity contribution in [3.63, 3.8) is 0 Å². The van der Waals surface area contributed by atoms with Crippen LogP contribution in [0.1, 0.15) is 0 Å². The minimum absolute atomic E-state index is 0.598. The van der Waals surface area contributed by atoms with E-state index in [0.717, 1.165) is 22.2 Å². The summed E-state index contributed by atoms with van der Waals surface area (Å²) in [7, 11) is 0. The van der Waals surface area contributed by atoms with E-state index < -0.39 is 0 Å². The molecule has 0 spiro atoms. The second kappa shape index (κ2) is 6.49. The molecule has 0 amide bonds. The third kappa shape index (κ3) is 2.36. The lowest BCUT2D eigenvalue weighted by atomic mass is 10.0. The second-order valence-corrected chi connectivity index (χ2v) is 7.76. The standard InChI is InChI=1S/C27H16N4O/c1-2-8-18-17(7-1)12-13-23-24(18)19-9-3-4-11-22(19)31(23)27-29-21-14-16-32-26(21)25(30-27)20-10-5-6-15-28-20/h1-16H. The van der Waals surface area contributed by atoms with E-state index in [9.17, 15) is 0 Å². The fraction of sp³-hybridized carbons (Fsp3) is 0. The largest absolute Gasteiger partial charge is 0.460 e. The molecule has 7 rings (SSSR count). The summed E-state index contributed by atoms with van der Waals surface area (Å²) in [5.41, 5.74) is 4.96. The van der Waals surface area contributed by atoms with Crippen LogP contribution in [-0.4, -0.2) is 19.5 Å². The lowest BCUT2D eigenvalue weighted by Gasteiger charge is -2.09. The van der Waals surface area contributed by atoms with Gasteiger partial charge in [-0.05, 0) is 35.0 Å². The Labute approximate surface area is 182 Å². The third-order valence-corrected chi connectivity index (χ3v) is 5.96. The molecule has 0 bridgehead atoms. The second-order valence-electron chi connectivity index (χ2n) is 7.76. The Morgan fingerprint density at radius 1 is 0.688 bits per heavy atom. The quantitative estimate of drug-likeness (QED) is 0.324. The SMILES string of the molecule is c1ccc(-c2nc(-n3c4ccccc4c4c5ccccc5ccc43)nc3ccoc23)nc1. The van der Waals surface area contributed by atoms with Crippen LogP contribution in [0.25, 0.3) is 61.0 Å². The zero-order valence-electron chi connectivity index (χ0n) is 16.9. The number of nitrogens with zero attached hydrogens (tertiary/aromatic N) is 4. The number of furan rings is 1. The van der Waals surface area contributed by atoms with E-state index in [1.54, 1.807) is 12.5 Å². The number of hydrogen-bond acceptors (Lipinski definition) is 4. The van der Waals surface area contributed by atoms with Gasteiger partial charge in [0.2, 0.25) is 5.95 Å². The first-order chi connectivity index (χ1) is 15.9. The fourth-order valence-electron chi connectivity index (χ4n) is 4.58. The van der Waals surface area contributed by atoms with Crippen LogP contribution in [0.15, 0.2) is 102 Å². The molecule has 0 fully saturated rings. The van der Waals surface area contributed by atoms with Gasteiger partial charge in [0.05, 0.1) is 23.0 Å². The highest BCUT2D eigenvalue weighted by Crippen LogP contribution is 2.37. The van der Waals surface area contributed by atoms with Gasteiger partial charge < -0.3 is 4.42 Å². The first-order valence-electron chi connectivity index (χ1n) is 10.5. The zero-order chi connectivity index (χ0) is 21.1. The molecule has 3 aromatic carbocycles. The maximum Gasteiger partial charge on any atom is 0.236 e. The van der Waals surface area contributed by atoms with Crippen LogP contribution in [0.4, 0.5) is 0 Å². The van der Waals surface area contributed by atoms with E-state index >= 15 is 0 Å². The summed E-state index contributed by atoms with van der Waals surface area (Å²) in [6.45, 7) is 0. The summed E-state index contributed by atoms with van der Waals surface area (Å²) >= 11 is 0. The van der Waals surface area contributed by atoms with Gasteiger partial charge in [0.1, 0.15) is 11.2 Å². The number of rotatable bonds is 2. The average Bonchev–Trinajstić information content (AvgIpc) is 3.46. The molecule has 7 aromatic rings.